The molecule has 2 atom stereocenters. The van der Waals surface area contributed by atoms with Gasteiger partial charge in [0.15, 0.2) is 5.25 Å². The van der Waals surface area contributed by atoms with Crippen LogP contribution in [0.4, 0.5) is 0 Å². The summed E-state index contributed by atoms with van der Waals surface area (Å²) in [6.07, 6.45) is 0. The number of hydrogen-bond acceptors (Lipinski definition) is 4. The van der Waals surface area contributed by atoms with E-state index in [1.165, 1.54) is 13.8 Å². The quantitative estimate of drug-likeness (QED) is 0.593. The van der Waals surface area contributed by atoms with Crippen LogP contribution in [0.15, 0.2) is 0 Å². The summed E-state index contributed by atoms with van der Waals surface area (Å²) in [6.45, 7) is 2.53. The first kappa shape index (κ1) is 11.9. The van der Waals surface area contributed by atoms with Crippen LogP contribution in [0, 0.1) is 11.3 Å². The van der Waals surface area contributed by atoms with Crippen LogP contribution in [0.25, 0.3) is 0 Å². The maximum atomic E-state index is 11.1. The van der Waals surface area contributed by atoms with E-state index in [0.29, 0.717) is 0 Å². The van der Waals surface area contributed by atoms with Crippen molar-refractivity contribution in [2.75, 3.05) is 0 Å². The molecule has 3 N–H and O–H groups in total. The van der Waals surface area contributed by atoms with E-state index in [1.54, 1.807) is 6.07 Å². The number of carbonyl (C=O) groups excluding carboxylic acids is 1. The molecule has 0 saturated heterocycles. The van der Waals surface area contributed by atoms with Gasteiger partial charge in [-0.2, -0.15) is 5.26 Å². The molecule has 0 aliphatic heterocycles. The van der Waals surface area contributed by atoms with Crippen molar-refractivity contribution in [3.63, 3.8) is 0 Å². The Bertz CT molecular complexity index is 330. The molecule has 0 aromatic carbocycles. The van der Waals surface area contributed by atoms with Crippen LogP contribution < -0.4 is 10.5 Å². The first-order valence-electron chi connectivity index (χ1n) is 3.51. The summed E-state index contributed by atoms with van der Waals surface area (Å²) in [5.74, 6) is -0.784. The van der Waals surface area contributed by atoms with E-state index >= 15 is 0 Å². The van der Waals surface area contributed by atoms with Gasteiger partial charge in [0.2, 0.25) is 15.9 Å². The number of nitrogens with one attached hydrogen (secondary N) is 1. The number of rotatable bonds is 4. The molecular weight excluding hydrogens is 194 g/mol. The highest BCUT2D eigenvalue weighted by molar-refractivity contribution is 7.90. The Balaban J connectivity index is 4.55. The zero-order valence-electron chi connectivity index (χ0n) is 7.31. The molecule has 0 aromatic rings. The molecule has 0 aliphatic rings. The molecule has 7 heteroatoms. The molecule has 1 amide bonds. The van der Waals surface area contributed by atoms with Crippen molar-refractivity contribution in [1.82, 2.24) is 4.72 Å². The lowest BCUT2D eigenvalue weighted by molar-refractivity contribution is -0.119. The molecule has 0 radical (unpaired) electrons. The normalized spacial score (nSPS) is 15.8. The van der Waals surface area contributed by atoms with Gasteiger partial charge in [-0.25, -0.2) is 13.1 Å². The van der Waals surface area contributed by atoms with Crippen molar-refractivity contribution in [2.24, 2.45) is 5.73 Å². The zero-order valence-corrected chi connectivity index (χ0v) is 8.13. The van der Waals surface area contributed by atoms with Gasteiger partial charge in [-0.3, -0.25) is 4.79 Å². The van der Waals surface area contributed by atoms with Crippen molar-refractivity contribution in [3.8, 4) is 6.07 Å². The van der Waals surface area contributed by atoms with Gasteiger partial charge in [-0.1, -0.05) is 0 Å². The second kappa shape index (κ2) is 4.20. The summed E-state index contributed by atoms with van der Waals surface area (Å²) in [5.41, 5.74) is 4.84. The van der Waals surface area contributed by atoms with Crippen LogP contribution in [0.5, 0.6) is 0 Å². The molecule has 0 aliphatic carbocycles. The van der Waals surface area contributed by atoms with Gasteiger partial charge in [0.1, 0.15) is 0 Å². The third kappa shape index (κ3) is 3.40. The van der Waals surface area contributed by atoms with Crippen molar-refractivity contribution >= 4 is 15.9 Å². The molecule has 0 heterocycles. The second-order valence-corrected chi connectivity index (χ2v) is 4.59. The van der Waals surface area contributed by atoms with Crippen molar-refractivity contribution < 1.29 is 13.2 Å². The van der Waals surface area contributed by atoms with E-state index in [-0.39, 0.29) is 0 Å². The summed E-state index contributed by atoms with van der Waals surface area (Å²) in [7, 11) is -3.77. The van der Waals surface area contributed by atoms with Gasteiger partial charge >= 0.3 is 0 Å². The number of nitrogens with zero attached hydrogens (tertiary/aromatic N) is 1. The molecule has 0 fully saturated rings. The van der Waals surface area contributed by atoms with Gasteiger partial charge in [-0.05, 0) is 13.8 Å². The number of sulfonamides is 1. The van der Waals surface area contributed by atoms with Crippen LogP contribution in [-0.2, 0) is 14.8 Å². The van der Waals surface area contributed by atoms with E-state index < -0.39 is 27.2 Å². The fraction of sp³-hybridized carbons (Fsp3) is 0.667. The van der Waals surface area contributed by atoms with Gasteiger partial charge in [0.05, 0.1) is 12.1 Å². The lowest BCUT2D eigenvalue weighted by Crippen LogP contribution is -2.45. The Hall–Kier alpha value is -1.13. The Kier molecular flexibility index (Phi) is 3.84. The summed E-state index contributed by atoms with van der Waals surface area (Å²) in [4.78, 5) is 10.5. The predicted octanol–water partition coefficient (Wildman–Crippen LogP) is -1.31. The Morgan fingerprint density at radius 1 is 1.54 bits per heavy atom. The fourth-order valence-corrected chi connectivity index (χ4v) is 1.43. The predicted molar refractivity (Wildman–Crippen MR) is 45.8 cm³/mol. The topological polar surface area (TPSA) is 113 Å². The smallest absolute Gasteiger partial charge is 0.235 e. The van der Waals surface area contributed by atoms with E-state index in [1.807, 2.05) is 4.72 Å². The van der Waals surface area contributed by atoms with Crippen molar-refractivity contribution in [1.29, 1.82) is 5.26 Å². The van der Waals surface area contributed by atoms with Gasteiger partial charge in [-0.15, -0.1) is 0 Å². The highest BCUT2D eigenvalue weighted by Crippen LogP contribution is 1.97. The standard InChI is InChI=1S/C6H11N3O3S/c1-4(3-7)13(11,12)9-5(2)6(8)10/h4-5,9H,1-2H3,(H2,8,10). The van der Waals surface area contributed by atoms with E-state index in [0.717, 1.165) is 0 Å². The fourth-order valence-electron chi connectivity index (χ4n) is 0.476. The second-order valence-electron chi connectivity index (χ2n) is 2.56. The van der Waals surface area contributed by atoms with Crippen LogP contribution in [0.1, 0.15) is 13.8 Å². The Morgan fingerprint density at radius 3 is 2.31 bits per heavy atom. The molecular formula is C6H11N3O3S. The Morgan fingerprint density at radius 2 is 2.00 bits per heavy atom. The maximum Gasteiger partial charge on any atom is 0.235 e. The van der Waals surface area contributed by atoms with Crippen LogP contribution >= 0.6 is 0 Å². The number of hydrogen-bond donors (Lipinski definition) is 2. The van der Waals surface area contributed by atoms with E-state index in [4.69, 9.17) is 11.0 Å². The SMILES string of the molecule is CC(NS(=O)(=O)C(C)C#N)C(N)=O. The van der Waals surface area contributed by atoms with E-state index in [9.17, 15) is 13.2 Å². The lowest BCUT2D eigenvalue weighted by Gasteiger charge is -2.11. The molecule has 13 heavy (non-hydrogen) atoms. The largest absolute Gasteiger partial charge is 0.368 e. The zero-order chi connectivity index (χ0) is 10.6. The maximum absolute atomic E-state index is 11.1. The average Bonchev–Trinajstić information content (AvgIpc) is 2.01. The summed E-state index contributed by atoms with van der Waals surface area (Å²) >= 11 is 0. The van der Waals surface area contributed by atoms with Crippen LogP contribution in [0.2, 0.25) is 0 Å². The number of amides is 1. The molecule has 0 bridgehead atoms. The molecule has 0 saturated carbocycles. The van der Waals surface area contributed by atoms with Crippen LogP contribution in [-0.4, -0.2) is 25.6 Å². The lowest BCUT2D eigenvalue weighted by atomic mass is 10.4. The number of primary amides is 1. The first-order valence-corrected chi connectivity index (χ1v) is 5.06. The van der Waals surface area contributed by atoms with E-state index in [2.05, 4.69) is 0 Å². The third-order valence-corrected chi connectivity index (χ3v) is 3.13. The third-order valence-electron chi connectivity index (χ3n) is 1.42. The highest BCUT2D eigenvalue weighted by Gasteiger charge is 2.24. The first-order chi connectivity index (χ1) is 5.81. The molecule has 6 nitrogen and oxygen atoms in total. The minimum Gasteiger partial charge on any atom is -0.368 e. The molecule has 0 spiro atoms. The molecule has 74 valence electrons. The summed E-state index contributed by atoms with van der Waals surface area (Å²) in [6, 6.07) is 0.548. The minimum atomic E-state index is -3.77. The Labute approximate surface area is 76.8 Å². The number of nitriles is 1. The van der Waals surface area contributed by atoms with Crippen molar-refractivity contribution in [3.05, 3.63) is 0 Å². The van der Waals surface area contributed by atoms with Gasteiger partial charge in [0, 0.05) is 0 Å². The van der Waals surface area contributed by atoms with Crippen LogP contribution in [0.3, 0.4) is 0 Å². The summed E-state index contributed by atoms with van der Waals surface area (Å²) in [5, 5.41) is 7.14. The minimum absolute atomic E-state index is 0.784. The molecule has 0 aromatic heterocycles. The van der Waals surface area contributed by atoms with Gasteiger partial charge in [0.25, 0.3) is 0 Å². The number of nitrogens with two attached hydrogens (primary N) is 1. The average molecular weight is 205 g/mol. The molecule has 0 rings (SSSR count). The number of carbonyl (C=O) groups is 1. The highest BCUT2D eigenvalue weighted by atomic mass is 32.2. The van der Waals surface area contributed by atoms with Crippen molar-refractivity contribution in [2.45, 2.75) is 25.1 Å². The molecule has 2 unspecified atom stereocenters. The summed E-state index contributed by atoms with van der Waals surface area (Å²) < 4.78 is 24.3. The monoisotopic (exact) mass is 205 g/mol. The van der Waals surface area contributed by atoms with Gasteiger partial charge < -0.3 is 5.73 Å².